The Morgan fingerprint density at radius 3 is 2.18 bits per heavy atom. The van der Waals surface area contributed by atoms with Gasteiger partial charge in [-0.05, 0) is 24.0 Å². The fourth-order valence-corrected chi connectivity index (χ4v) is 3.10. The van der Waals surface area contributed by atoms with E-state index in [1.165, 1.54) is 11.8 Å². The van der Waals surface area contributed by atoms with E-state index in [2.05, 4.69) is 0 Å². The van der Waals surface area contributed by atoms with Gasteiger partial charge in [-0.3, -0.25) is 9.59 Å². The number of hydrogen-bond acceptors (Lipinski definition) is 5. The van der Waals surface area contributed by atoms with Gasteiger partial charge in [-0.25, -0.2) is 14.5 Å². The molecule has 1 unspecified atom stereocenters. The molecule has 0 aliphatic carbocycles. The number of carbonyl (C=O) groups excluding carboxylic acids is 2. The molecule has 1 aromatic carbocycles. The van der Waals surface area contributed by atoms with Crippen molar-refractivity contribution in [1.82, 2.24) is 0 Å². The van der Waals surface area contributed by atoms with Crippen molar-refractivity contribution in [3.63, 3.8) is 0 Å². The van der Waals surface area contributed by atoms with Gasteiger partial charge in [0, 0.05) is 6.42 Å². The van der Waals surface area contributed by atoms with Gasteiger partial charge in [-0.15, -0.1) is 11.8 Å². The van der Waals surface area contributed by atoms with E-state index >= 15 is 0 Å². The van der Waals surface area contributed by atoms with Gasteiger partial charge in [-0.2, -0.15) is 0 Å². The van der Waals surface area contributed by atoms with E-state index in [1.54, 1.807) is 0 Å². The van der Waals surface area contributed by atoms with Crippen LogP contribution in [0.4, 0.5) is 5.69 Å². The minimum atomic E-state index is -1.33. The van der Waals surface area contributed by atoms with E-state index in [0.717, 1.165) is 23.1 Å². The molecule has 116 valence electrons. The van der Waals surface area contributed by atoms with Crippen LogP contribution in [0.5, 0.6) is 0 Å². The first-order valence-electron chi connectivity index (χ1n) is 6.45. The van der Waals surface area contributed by atoms with Crippen LogP contribution in [0.3, 0.4) is 0 Å². The maximum Gasteiger partial charge on any atom is 0.335 e. The molecule has 2 amide bonds. The van der Waals surface area contributed by atoms with Gasteiger partial charge >= 0.3 is 11.9 Å². The third-order valence-corrected chi connectivity index (χ3v) is 4.25. The van der Waals surface area contributed by atoms with Gasteiger partial charge in [0.2, 0.25) is 11.8 Å². The summed E-state index contributed by atoms with van der Waals surface area (Å²) in [5.41, 5.74) is -0.601. The Labute approximate surface area is 129 Å². The van der Waals surface area contributed by atoms with Crippen LogP contribution in [0.15, 0.2) is 18.2 Å². The largest absolute Gasteiger partial charge is 0.478 e. The van der Waals surface area contributed by atoms with E-state index in [9.17, 15) is 19.2 Å². The predicted octanol–water partition coefficient (Wildman–Crippen LogP) is 1.47. The van der Waals surface area contributed by atoms with Crippen LogP contribution in [0.25, 0.3) is 0 Å². The van der Waals surface area contributed by atoms with Crippen LogP contribution in [-0.4, -0.2) is 45.0 Å². The van der Waals surface area contributed by atoms with Crippen LogP contribution in [-0.2, 0) is 9.59 Å². The molecule has 8 heteroatoms. The van der Waals surface area contributed by atoms with Crippen LogP contribution in [0, 0.1) is 0 Å². The Balaban J connectivity index is 2.47. The number of amides is 2. The van der Waals surface area contributed by atoms with Crippen LogP contribution in [0.1, 0.15) is 34.1 Å². The van der Waals surface area contributed by atoms with Crippen molar-refractivity contribution < 1.29 is 29.4 Å². The topological polar surface area (TPSA) is 112 Å². The van der Waals surface area contributed by atoms with Crippen molar-refractivity contribution in [3.8, 4) is 0 Å². The molecule has 1 heterocycles. The second-order valence-corrected chi connectivity index (χ2v) is 6.07. The van der Waals surface area contributed by atoms with Crippen molar-refractivity contribution in [3.05, 3.63) is 29.3 Å². The smallest absolute Gasteiger partial charge is 0.335 e. The number of imide groups is 1. The summed E-state index contributed by atoms with van der Waals surface area (Å²) in [6.45, 7) is 1.86. The van der Waals surface area contributed by atoms with Crippen LogP contribution in [0.2, 0.25) is 0 Å². The lowest BCUT2D eigenvalue weighted by atomic mass is 10.1. The van der Waals surface area contributed by atoms with Crippen LogP contribution >= 0.6 is 11.8 Å². The molecular weight excluding hydrogens is 310 g/mol. The molecular formula is C14H13NO6S. The third-order valence-electron chi connectivity index (χ3n) is 3.14. The monoisotopic (exact) mass is 323 g/mol. The summed E-state index contributed by atoms with van der Waals surface area (Å²) in [5, 5.41) is 17.6. The Morgan fingerprint density at radius 1 is 1.18 bits per heavy atom. The first-order chi connectivity index (χ1) is 10.3. The van der Waals surface area contributed by atoms with Gasteiger partial charge in [0.05, 0.1) is 22.1 Å². The van der Waals surface area contributed by atoms with E-state index in [-0.39, 0.29) is 23.2 Å². The summed E-state index contributed by atoms with van der Waals surface area (Å²) in [4.78, 5) is 47.3. The van der Waals surface area contributed by atoms with E-state index < -0.39 is 29.0 Å². The third kappa shape index (κ3) is 2.96. The summed E-state index contributed by atoms with van der Waals surface area (Å²) in [7, 11) is 0. The zero-order chi connectivity index (χ0) is 16.4. The molecule has 1 aliphatic heterocycles. The van der Waals surface area contributed by atoms with Gasteiger partial charge in [0.1, 0.15) is 0 Å². The molecule has 0 saturated carbocycles. The number of aromatic carboxylic acids is 2. The molecule has 0 radical (unpaired) electrons. The SMILES string of the molecule is CCSC1CC(=O)N(c2cc(C(=O)O)cc(C(=O)O)c2)C1=O. The van der Waals surface area contributed by atoms with Crippen molar-refractivity contribution in [2.75, 3.05) is 10.7 Å². The number of anilines is 1. The Hall–Kier alpha value is -2.35. The molecule has 1 saturated heterocycles. The molecule has 1 atom stereocenters. The number of carboxylic acids is 2. The number of benzene rings is 1. The lowest BCUT2D eigenvalue weighted by molar-refractivity contribution is -0.121. The lowest BCUT2D eigenvalue weighted by Gasteiger charge is -2.16. The molecule has 1 fully saturated rings. The first kappa shape index (κ1) is 16.0. The quantitative estimate of drug-likeness (QED) is 0.789. The lowest BCUT2D eigenvalue weighted by Crippen LogP contribution is -2.31. The summed E-state index contributed by atoms with van der Waals surface area (Å²) in [6, 6.07) is 3.24. The standard InChI is InChI=1S/C14H13NO6S/c1-2-22-10-6-11(16)15(12(10)17)9-4-7(13(18)19)3-8(5-9)14(20)21/h3-5,10H,2,6H2,1H3,(H,18,19)(H,20,21). The normalized spacial score (nSPS) is 17.9. The molecule has 2 N–H and O–H groups in total. The minimum Gasteiger partial charge on any atom is -0.478 e. The number of hydrogen-bond donors (Lipinski definition) is 2. The molecule has 0 aromatic heterocycles. The number of nitrogens with zero attached hydrogens (tertiary/aromatic N) is 1. The number of carboxylic acid groups (broad SMARTS) is 2. The Bertz CT molecular complexity index is 639. The van der Waals surface area contributed by atoms with Crippen molar-refractivity contribution in [1.29, 1.82) is 0 Å². The highest BCUT2D eigenvalue weighted by Crippen LogP contribution is 2.30. The highest BCUT2D eigenvalue weighted by atomic mass is 32.2. The molecule has 22 heavy (non-hydrogen) atoms. The fraction of sp³-hybridized carbons (Fsp3) is 0.286. The molecule has 0 spiro atoms. The highest BCUT2D eigenvalue weighted by molar-refractivity contribution is 8.00. The number of carbonyl (C=O) groups is 4. The summed E-state index contributed by atoms with van der Waals surface area (Å²) in [5.74, 6) is -2.91. The van der Waals surface area contributed by atoms with E-state index in [4.69, 9.17) is 10.2 Å². The zero-order valence-electron chi connectivity index (χ0n) is 11.6. The molecule has 7 nitrogen and oxygen atoms in total. The molecule has 1 aliphatic rings. The average molecular weight is 323 g/mol. The molecule has 2 rings (SSSR count). The second kappa shape index (κ2) is 6.18. The highest BCUT2D eigenvalue weighted by Gasteiger charge is 2.39. The van der Waals surface area contributed by atoms with Gasteiger partial charge < -0.3 is 10.2 Å². The van der Waals surface area contributed by atoms with E-state index in [1.807, 2.05) is 6.92 Å². The summed E-state index contributed by atoms with van der Waals surface area (Å²) in [6.07, 6.45) is 0.0248. The summed E-state index contributed by atoms with van der Waals surface area (Å²) < 4.78 is 0. The fourth-order valence-electron chi connectivity index (χ4n) is 2.19. The van der Waals surface area contributed by atoms with Crippen molar-refractivity contribution in [2.45, 2.75) is 18.6 Å². The van der Waals surface area contributed by atoms with Gasteiger partial charge in [0.25, 0.3) is 0 Å². The Morgan fingerprint density at radius 2 is 1.73 bits per heavy atom. The maximum atomic E-state index is 12.3. The van der Waals surface area contributed by atoms with Gasteiger partial charge in [0.15, 0.2) is 0 Å². The van der Waals surface area contributed by atoms with Crippen molar-refractivity contribution >= 4 is 41.2 Å². The predicted molar refractivity (Wildman–Crippen MR) is 79.4 cm³/mol. The van der Waals surface area contributed by atoms with Crippen LogP contribution < -0.4 is 4.90 Å². The first-order valence-corrected chi connectivity index (χ1v) is 7.50. The number of thioether (sulfide) groups is 1. The zero-order valence-corrected chi connectivity index (χ0v) is 12.4. The van der Waals surface area contributed by atoms with Crippen molar-refractivity contribution in [2.24, 2.45) is 0 Å². The molecule has 0 bridgehead atoms. The minimum absolute atomic E-state index is 0.0218. The Kier molecular flexibility index (Phi) is 4.51. The number of rotatable bonds is 5. The van der Waals surface area contributed by atoms with E-state index in [0.29, 0.717) is 5.75 Å². The maximum absolute atomic E-state index is 12.3. The van der Waals surface area contributed by atoms with Gasteiger partial charge in [-0.1, -0.05) is 6.92 Å². The molecule has 1 aromatic rings. The second-order valence-electron chi connectivity index (χ2n) is 4.59. The summed E-state index contributed by atoms with van der Waals surface area (Å²) >= 11 is 1.33. The average Bonchev–Trinajstić information content (AvgIpc) is 2.73.